The lowest BCUT2D eigenvalue weighted by atomic mass is 10.0. The molecule has 1 aromatic carbocycles. The monoisotopic (exact) mass is 259 g/mol. The van der Waals surface area contributed by atoms with E-state index >= 15 is 0 Å². The summed E-state index contributed by atoms with van der Waals surface area (Å²) in [7, 11) is 0. The van der Waals surface area contributed by atoms with Crippen LogP contribution in [0.25, 0.3) is 0 Å². The fraction of sp³-hybridized carbons (Fsp3) is 0.467. The Labute approximate surface area is 113 Å². The van der Waals surface area contributed by atoms with Gasteiger partial charge >= 0.3 is 5.69 Å². The van der Waals surface area contributed by atoms with Crippen LogP contribution < -0.4 is 5.69 Å². The van der Waals surface area contributed by atoms with Crippen molar-refractivity contribution in [2.75, 3.05) is 0 Å². The maximum atomic E-state index is 11.6. The first-order valence-corrected chi connectivity index (χ1v) is 6.96. The maximum absolute atomic E-state index is 11.6. The zero-order valence-corrected chi connectivity index (χ0v) is 11.6. The number of H-pyrrole nitrogens is 1. The van der Waals surface area contributed by atoms with Gasteiger partial charge in [0.05, 0.1) is 0 Å². The Morgan fingerprint density at radius 2 is 2.00 bits per heavy atom. The van der Waals surface area contributed by atoms with Crippen LogP contribution in [-0.2, 0) is 25.8 Å². The Bertz CT molecular complexity index is 583. The lowest BCUT2D eigenvalue weighted by molar-refractivity contribution is 0.617. The smallest absolute Gasteiger partial charge is 0.279 e. The predicted octanol–water partition coefficient (Wildman–Crippen LogP) is 2.33. The Morgan fingerprint density at radius 3 is 2.74 bits per heavy atom. The van der Waals surface area contributed by atoms with Crippen molar-refractivity contribution in [1.29, 1.82) is 0 Å². The average Bonchev–Trinajstić information content (AvgIpc) is 2.78. The molecule has 2 aromatic rings. The lowest BCUT2D eigenvalue weighted by Gasteiger charge is -2.05. The maximum Gasteiger partial charge on any atom is 0.343 e. The van der Waals surface area contributed by atoms with Crippen molar-refractivity contribution in [3.05, 3.63) is 51.7 Å². The number of aromatic nitrogens is 3. The molecule has 1 N–H and O–H groups in total. The van der Waals surface area contributed by atoms with E-state index in [1.165, 1.54) is 11.1 Å². The molecule has 0 fully saturated rings. The van der Waals surface area contributed by atoms with Gasteiger partial charge in [-0.25, -0.2) is 9.89 Å². The van der Waals surface area contributed by atoms with Crippen molar-refractivity contribution in [3.63, 3.8) is 0 Å². The number of aromatic amines is 1. The van der Waals surface area contributed by atoms with E-state index in [1.54, 1.807) is 4.57 Å². The molecule has 0 aliphatic rings. The second kappa shape index (κ2) is 6.36. The van der Waals surface area contributed by atoms with Crippen LogP contribution in [0.2, 0.25) is 0 Å². The van der Waals surface area contributed by atoms with Crippen LogP contribution in [-0.4, -0.2) is 14.8 Å². The summed E-state index contributed by atoms with van der Waals surface area (Å²) >= 11 is 0. The number of nitrogens with one attached hydrogen (secondary N) is 1. The molecule has 0 saturated heterocycles. The van der Waals surface area contributed by atoms with Gasteiger partial charge in [-0.15, -0.1) is 0 Å². The van der Waals surface area contributed by atoms with Crippen LogP contribution in [0.15, 0.2) is 29.1 Å². The fourth-order valence-electron chi connectivity index (χ4n) is 2.26. The molecule has 4 nitrogen and oxygen atoms in total. The Kier molecular flexibility index (Phi) is 4.55. The van der Waals surface area contributed by atoms with E-state index in [0.29, 0.717) is 0 Å². The summed E-state index contributed by atoms with van der Waals surface area (Å²) in [6.07, 6.45) is 3.71. The van der Waals surface area contributed by atoms with Crippen molar-refractivity contribution in [2.45, 2.75) is 46.1 Å². The molecule has 0 aliphatic carbocycles. The first kappa shape index (κ1) is 13.6. The van der Waals surface area contributed by atoms with Gasteiger partial charge in [0, 0.05) is 13.0 Å². The molecule has 1 aromatic heterocycles. The standard InChI is InChI=1S/C15H21N3O/c1-3-10-18-14(16-17-15(18)19)9-8-13-7-5-6-12(4-2)11-13/h5-7,11H,3-4,8-10H2,1-2H3,(H,17,19). The number of rotatable bonds is 6. The second-order valence-electron chi connectivity index (χ2n) is 4.77. The average molecular weight is 259 g/mol. The van der Waals surface area contributed by atoms with Gasteiger partial charge in [-0.1, -0.05) is 38.1 Å². The number of hydrogen-bond donors (Lipinski definition) is 1. The first-order valence-electron chi connectivity index (χ1n) is 6.96. The molecule has 0 saturated carbocycles. The van der Waals surface area contributed by atoms with Gasteiger partial charge in [0.1, 0.15) is 5.82 Å². The highest BCUT2D eigenvalue weighted by Crippen LogP contribution is 2.09. The molecule has 2 rings (SSSR count). The van der Waals surface area contributed by atoms with Crippen molar-refractivity contribution in [1.82, 2.24) is 14.8 Å². The molecule has 1 heterocycles. The van der Waals surface area contributed by atoms with E-state index in [1.807, 2.05) is 0 Å². The molecular weight excluding hydrogens is 238 g/mol. The van der Waals surface area contributed by atoms with Crippen LogP contribution in [0, 0.1) is 0 Å². The summed E-state index contributed by atoms with van der Waals surface area (Å²) < 4.78 is 1.74. The lowest BCUT2D eigenvalue weighted by Crippen LogP contribution is -2.19. The molecule has 0 aliphatic heterocycles. The van der Waals surface area contributed by atoms with Gasteiger partial charge in [-0.3, -0.25) is 4.57 Å². The molecule has 0 amide bonds. The number of nitrogens with zero attached hydrogens (tertiary/aromatic N) is 2. The Morgan fingerprint density at radius 1 is 1.21 bits per heavy atom. The molecule has 0 spiro atoms. The molecular formula is C15H21N3O. The van der Waals surface area contributed by atoms with Crippen LogP contribution in [0.1, 0.15) is 37.2 Å². The Hall–Kier alpha value is -1.84. The zero-order valence-electron chi connectivity index (χ0n) is 11.6. The van der Waals surface area contributed by atoms with Gasteiger partial charge in [-0.2, -0.15) is 5.10 Å². The van der Waals surface area contributed by atoms with Gasteiger partial charge in [0.25, 0.3) is 0 Å². The molecule has 0 unspecified atom stereocenters. The number of benzene rings is 1. The van der Waals surface area contributed by atoms with Crippen LogP contribution >= 0.6 is 0 Å². The van der Waals surface area contributed by atoms with Gasteiger partial charge in [0.2, 0.25) is 0 Å². The van der Waals surface area contributed by atoms with E-state index < -0.39 is 0 Å². The molecule has 102 valence electrons. The van der Waals surface area contributed by atoms with E-state index in [2.05, 4.69) is 48.3 Å². The second-order valence-corrected chi connectivity index (χ2v) is 4.77. The number of hydrogen-bond acceptors (Lipinski definition) is 2. The molecule has 4 heteroatoms. The van der Waals surface area contributed by atoms with Gasteiger partial charge in [0.15, 0.2) is 0 Å². The SMILES string of the molecule is CCCn1c(CCc2cccc(CC)c2)n[nH]c1=O. The van der Waals surface area contributed by atoms with E-state index in [-0.39, 0.29) is 5.69 Å². The minimum Gasteiger partial charge on any atom is -0.279 e. The van der Waals surface area contributed by atoms with E-state index in [9.17, 15) is 4.79 Å². The summed E-state index contributed by atoms with van der Waals surface area (Å²) in [5.74, 6) is 0.855. The summed E-state index contributed by atoms with van der Waals surface area (Å²) in [6.45, 7) is 4.96. The third kappa shape index (κ3) is 3.34. The first-order chi connectivity index (χ1) is 9.24. The zero-order chi connectivity index (χ0) is 13.7. The summed E-state index contributed by atoms with van der Waals surface area (Å²) in [5, 5.41) is 6.66. The fourth-order valence-corrected chi connectivity index (χ4v) is 2.26. The molecule has 0 bridgehead atoms. The summed E-state index contributed by atoms with van der Waals surface area (Å²) in [4.78, 5) is 11.6. The quantitative estimate of drug-likeness (QED) is 0.865. The van der Waals surface area contributed by atoms with Crippen molar-refractivity contribution in [2.24, 2.45) is 0 Å². The third-order valence-corrected chi connectivity index (χ3v) is 3.32. The largest absolute Gasteiger partial charge is 0.343 e. The minimum atomic E-state index is -0.0980. The highest BCUT2D eigenvalue weighted by molar-refractivity contribution is 5.23. The van der Waals surface area contributed by atoms with Crippen molar-refractivity contribution in [3.8, 4) is 0 Å². The summed E-state index contributed by atoms with van der Waals surface area (Å²) in [6, 6.07) is 8.60. The highest BCUT2D eigenvalue weighted by atomic mass is 16.1. The van der Waals surface area contributed by atoms with Crippen LogP contribution in [0.4, 0.5) is 0 Å². The predicted molar refractivity (Wildman–Crippen MR) is 76.4 cm³/mol. The molecule has 19 heavy (non-hydrogen) atoms. The minimum absolute atomic E-state index is 0.0980. The molecule has 0 radical (unpaired) electrons. The van der Waals surface area contributed by atoms with E-state index in [0.717, 1.165) is 38.1 Å². The number of aryl methyl sites for hydroxylation is 3. The molecule has 0 atom stereocenters. The third-order valence-electron chi connectivity index (χ3n) is 3.32. The normalized spacial score (nSPS) is 10.8. The van der Waals surface area contributed by atoms with Crippen LogP contribution in [0.3, 0.4) is 0 Å². The van der Waals surface area contributed by atoms with Crippen LogP contribution in [0.5, 0.6) is 0 Å². The van der Waals surface area contributed by atoms with Crippen molar-refractivity contribution < 1.29 is 0 Å². The Balaban J connectivity index is 2.07. The van der Waals surface area contributed by atoms with Crippen molar-refractivity contribution >= 4 is 0 Å². The van der Waals surface area contributed by atoms with Gasteiger partial charge in [-0.05, 0) is 30.4 Å². The van der Waals surface area contributed by atoms with E-state index in [4.69, 9.17) is 0 Å². The highest BCUT2D eigenvalue weighted by Gasteiger charge is 2.07. The topological polar surface area (TPSA) is 50.7 Å². The van der Waals surface area contributed by atoms with Gasteiger partial charge < -0.3 is 0 Å². The summed E-state index contributed by atoms with van der Waals surface area (Å²) in [5.41, 5.74) is 2.56.